The van der Waals surface area contributed by atoms with Crippen molar-refractivity contribution in [3.63, 3.8) is 0 Å². The standard InChI is InChI=1S/C37H38ClF2N5O7/c1-36(2,3)52-34(49)42-33-43-37(23-12-13-23,24-16-25(39)18-26(40)17-24)32(48)45(33)29(20-51-35(50)44(4)5)22-11-14-28(38)27(15-22)31(47)41-19-30(46)21-9-7-6-8-10-21/h6-11,14-18,23,29H,12-13,19-20H2,1-5H3,(H,41,47)(H,42,43,49). The molecule has 1 fully saturated rings. The average molecular weight is 738 g/mol. The van der Waals surface area contributed by atoms with E-state index in [2.05, 4.69) is 15.6 Å². The minimum atomic E-state index is -1.87. The number of alkyl carbamates (subject to hydrolysis) is 1. The number of aliphatic imine (C=N–C) groups is 1. The molecule has 2 N–H and O–H groups in total. The van der Waals surface area contributed by atoms with E-state index in [1.807, 2.05) is 0 Å². The van der Waals surface area contributed by atoms with Crippen LogP contribution < -0.4 is 10.6 Å². The number of amides is 4. The third-order valence-electron chi connectivity index (χ3n) is 8.31. The van der Waals surface area contributed by atoms with E-state index in [9.17, 15) is 32.8 Å². The van der Waals surface area contributed by atoms with Gasteiger partial charge in [0.1, 0.15) is 23.8 Å². The van der Waals surface area contributed by atoms with Gasteiger partial charge in [-0.2, -0.15) is 0 Å². The Balaban J connectivity index is 1.59. The van der Waals surface area contributed by atoms with Crippen molar-refractivity contribution in [2.45, 2.75) is 50.8 Å². The summed E-state index contributed by atoms with van der Waals surface area (Å²) in [5.41, 5.74) is -2.39. The van der Waals surface area contributed by atoms with Gasteiger partial charge in [0, 0.05) is 25.7 Å². The van der Waals surface area contributed by atoms with Gasteiger partial charge in [0.25, 0.3) is 11.8 Å². The topological polar surface area (TPSA) is 147 Å². The van der Waals surface area contributed by atoms with Crippen molar-refractivity contribution < 1.29 is 42.2 Å². The minimum absolute atomic E-state index is 0.00790. The lowest BCUT2D eigenvalue weighted by Gasteiger charge is -2.32. The Labute approximate surface area is 304 Å². The summed E-state index contributed by atoms with van der Waals surface area (Å²) in [4.78, 5) is 73.8. The molecule has 0 radical (unpaired) electrons. The van der Waals surface area contributed by atoms with Gasteiger partial charge >= 0.3 is 12.2 Å². The number of rotatable bonds is 10. The van der Waals surface area contributed by atoms with Gasteiger partial charge < -0.3 is 19.7 Å². The Hall–Kier alpha value is -5.37. The highest BCUT2D eigenvalue weighted by Crippen LogP contribution is 2.53. The molecule has 5 rings (SSSR count). The third kappa shape index (κ3) is 8.39. The zero-order chi connectivity index (χ0) is 38.0. The number of nitrogens with one attached hydrogen (secondary N) is 2. The van der Waals surface area contributed by atoms with E-state index in [1.54, 1.807) is 51.1 Å². The van der Waals surface area contributed by atoms with Crippen LogP contribution in [0.25, 0.3) is 0 Å². The Bertz CT molecular complexity index is 1910. The highest BCUT2D eigenvalue weighted by atomic mass is 35.5. The molecule has 4 amide bonds. The van der Waals surface area contributed by atoms with Crippen LogP contribution in [-0.2, 0) is 19.8 Å². The summed E-state index contributed by atoms with van der Waals surface area (Å²) in [6.45, 7) is 4.03. The smallest absolute Gasteiger partial charge is 0.414 e. The lowest BCUT2D eigenvalue weighted by atomic mass is 9.84. The number of ether oxygens (including phenoxy) is 2. The van der Waals surface area contributed by atoms with Gasteiger partial charge in [0.15, 0.2) is 11.3 Å². The van der Waals surface area contributed by atoms with Gasteiger partial charge in [0.05, 0.1) is 23.2 Å². The zero-order valence-electron chi connectivity index (χ0n) is 29.2. The molecule has 2 atom stereocenters. The quantitative estimate of drug-likeness (QED) is 0.243. The second-order valence-corrected chi connectivity index (χ2v) is 14.0. The van der Waals surface area contributed by atoms with Gasteiger partial charge in [-0.05, 0) is 74.9 Å². The van der Waals surface area contributed by atoms with Crippen molar-refractivity contribution in [2.75, 3.05) is 27.2 Å². The number of nitrogens with zero attached hydrogens (tertiary/aromatic N) is 3. The molecule has 1 aliphatic carbocycles. The first kappa shape index (κ1) is 37.9. The summed E-state index contributed by atoms with van der Waals surface area (Å²) in [6.07, 6.45) is -0.797. The van der Waals surface area contributed by atoms with E-state index in [0.717, 1.165) is 21.9 Å². The number of hydrogen-bond donors (Lipinski definition) is 2. The number of ketones is 1. The molecule has 1 heterocycles. The van der Waals surface area contributed by atoms with Crippen LogP contribution in [0, 0.1) is 17.6 Å². The van der Waals surface area contributed by atoms with Crippen LogP contribution in [0.2, 0.25) is 5.02 Å². The number of benzene rings is 3. The third-order valence-corrected chi connectivity index (χ3v) is 8.64. The number of Topliss-reactive ketones (excluding diaryl/α,β-unsaturated/α-hetero) is 1. The van der Waals surface area contributed by atoms with Crippen LogP contribution >= 0.6 is 11.6 Å². The lowest BCUT2D eigenvalue weighted by Crippen LogP contribution is -2.50. The van der Waals surface area contributed by atoms with E-state index in [-0.39, 0.29) is 40.0 Å². The second kappa shape index (κ2) is 15.1. The summed E-state index contributed by atoms with van der Waals surface area (Å²) in [5, 5.41) is 5.09. The Morgan fingerprint density at radius 3 is 2.27 bits per heavy atom. The van der Waals surface area contributed by atoms with Crippen LogP contribution in [0.4, 0.5) is 18.4 Å². The van der Waals surface area contributed by atoms with Crippen molar-refractivity contribution in [1.82, 2.24) is 20.4 Å². The number of hydrogen-bond acceptors (Lipinski definition) is 8. The summed E-state index contributed by atoms with van der Waals surface area (Å²) in [6, 6.07) is 14.0. The molecule has 2 aliphatic rings. The molecule has 1 aliphatic heterocycles. The number of carbonyl (C=O) groups is 5. The van der Waals surface area contributed by atoms with Crippen molar-refractivity contribution in [1.29, 1.82) is 0 Å². The maximum absolute atomic E-state index is 14.9. The van der Waals surface area contributed by atoms with Gasteiger partial charge in [-0.15, -0.1) is 0 Å². The van der Waals surface area contributed by atoms with Crippen molar-refractivity contribution >= 4 is 47.3 Å². The van der Waals surface area contributed by atoms with Crippen LogP contribution in [0.5, 0.6) is 0 Å². The van der Waals surface area contributed by atoms with Crippen LogP contribution in [0.15, 0.2) is 71.7 Å². The maximum atomic E-state index is 14.9. The zero-order valence-corrected chi connectivity index (χ0v) is 29.9. The lowest BCUT2D eigenvalue weighted by molar-refractivity contribution is -0.134. The van der Waals surface area contributed by atoms with Gasteiger partial charge in [-0.3, -0.25) is 24.6 Å². The Kier molecular flexibility index (Phi) is 11.0. The molecule has 3 aromatic carbocycles. The molecule has 3 aromatic rings. The molecular formula is C37H38ClF2N5O7. The van der Waals surface area contributed by atoms with Crippen LogP contribution in [0.3, 0.4) is 0 Å². The van der Waals surface area contributed by atoms with E-state index >= 15 is 0 Å². The van der Waals surface area contributed by atoms with Crippen molar-refractivity contribution in [3.05, 3.63) is 106 Å². The Morgan fingerprint density at radius 1 is 1.02 bits per heavy atom. The molecule has 12 nitrogen and oxygen atoms in total. The predicted molar refractivity (Wildman–Crippen MR) is 187 cm³/mol. The molecule has 2 unspecified atom stereocenters. The average Bonchev–Trinajstić information content (AvgIpc) is 3.88. The molecule has 0 saturated heterocycles. The molecule has 0 spiro atoms. The molecule has 1 saturated carbocycles. The molecule has 15 heteroatoms. The summed E-state index contributed by atoms with van der Waals surface area (Å²) in [5.74, 6) is -4.54. The summed E-state index contributed by atoms with van der Waals surface area (Å²) in [7, 11) is 2.90. The van der Waals surface area contributed by atoms with E-state index < -0.39 is 65.3 Å². The molecule has 52 heavy (non-hydrogen) atoms. The highest BCUT2D eigenvalue weighted by molar-refractivity contribution is 6.34. The number of carbonyl (C=O) groups excluding carboxylic acids is 5. The van der Waals surface area contributed by atoms with Gasteiger partial charge in [0.2, 0.25) is 5.96 Å². The van der Waals surface area contributed by atoms with E-state index in [1.165, 1.54) is 32.3 Å². The second-order valence-electron chi connectivity index (χ2n) is 13.6. The first-order chi connectivity index (χ1) is 24.5. The molecule has 274 valence electrons. The summed E-state index contributed by atoms with van der Waals surface area (Å²) >= 11 is 6.46. The minimum Gasteiger partial charge on any atom is -0.447 e. The molecule has 0 bridgehead atoms. The van der Waals surface area contributed by atoms with Crippen molar-refractivity contribution in [3.8, 4) is 0 Å². The van der Waals surface area contributed by atoms with Gasteiger partial charge in [-0.1, -0.05) is 48.0 Å². The fourth-order valence-corrected chi connectivity index (χ4v) is 5.99. The maximum Gasteiger partial charge on any atom is 0.414 e. The van der Waals surface area contributed by atoms with Crippen LogP contribution in [-0.4, -0.2) is 78.4 Å². The van der Waals surface area contributed by atoms with Crippen molar-refractivity contribution in [2.24, 2.45) is 10.9 Å². The summed E-state index contributed by atoms with van der Waals surface area (Å²) < 4.78 is 40.4. The number of guanidine groups is 1. The predicted octanol–water partition coefficient (Wildman–Crippen LogP) is 6.00. The SMILES string of the molecule is CN(C)C(=O)OCC(c1ccc(Cl)c(C(=O)NCC(=O)c2ccccc2)c1)N1C(=O)C(c2cc(F)cc(F)c2)(C2CC2)N=C1NC(=O)OC(C)(C)C. The fraction of sp³-hybridized carbons (Fsp3) is 0.351. The Morgan fingerprint density at radius 2 is 1.67 bits per heavy atom. The normalized spacial score (nSPS) is 17.6. The monoisotopic (exact) mass is 737 g/mol. The first-order valence-electron chi connectivity index (χ1n) is 16.4. The van der Waals surface area contributed by atoms with Crippen LogP contribution in [0.1, 0.15) is 71.5 Å². The first-order valence-corrected chi connectivity index (χ1v) is 16.8. The van der Waals surface area contributed by atoms with E-state index in [0.29, 0.717) is 24.5 Å². The molecule has 0 aromatic heterocycles. The molecular weight excluding hydrogens is 700 g/mol. The van der Waals surface area contributed by atoms with Gasteiger partial charge in [-0.25, -0.2) is 23.4 Å². The largest absolute Gasteiger partial charge is 0.447 e. The number of halogens is 3. The van der Waals surface area contributed by atoms with E-state index in [4.69, 9.17) is 21.1 Å². The fourth-order valence-electron chi connectivity index (χ4n) is 5.79. The highest BCUT2D eigenvalue weighted by Gasteiger charge is 2.60.